The lowest BCUT2D eigenvalue weighted by molar-refractivity contribution is 0.0919. The van der Waals surface area contributed by atoms with Gasteiger partial charge in [0.25, 0.3) is 11.8 Å². The number of nitrogens with zero attached hydrogens (tertiary/aromatic N) is 2. The highest BCUT2D eigenvalue weighted by Gasteiger charge is 2.27. The van der Waals surface area contributed by atoms with E-state index in [-0.39, 0.29) is 35.7 Å². The molecule has 3 atom stereocenters. The van der Waals surface area contributed by atoms with Crippen LogP contribution in [0.15, 0.2) is 36.4 Å². The van der Waals surface area contributed by atoms with Crippen LogP contribution < -0.4 is 10.6 Å². The van der Waals surface area contributed by atoms with Gasteiger partial charge in [0.15, 0.2) is 5.69 Å². The van der Waals surface area contributed by atoms with Gasteiger partial charge in [-0.2, -0.15) is 5.10 Å². The zero-order valence-corrected chi connectivity index (χ0v) is 15.0. The number of hydrogen-bond acceptors (Lipinski definition) is 4. The van der Waals surface area contributed by atoms with E-state index in [0.29, 0.717) is 18.5 Å². The molecule has 3 N–H and O–H groups in total. The fraction of sp³-hybridized carbons (Fsp3) is 0.421. The molecule has 2 aromatic rings. The number of aromatic nitrogens is 2. The molecule has 138 valence electrons. The van der Waals surface area contributed by atoms with Crippen LogP contribution >= 0.6 is 0 Å². The second kappa shape index (κ2) is 7.70. The van der Waals surface area contributed by atoms with Gasteiger partial charge >= 0.3 is 0 Å². The number of nitrogens with one attached hydrogen (secondary N) is 2. The van der Waals surface area contributed by atoms with Gasteiger partial charge in [0.05, 0.1) is 12.1 Å². The van der Waals surface area contributed by atoms with Crippen molar-refractivity contribution in [1.82, 2.24) is 20.4 Å². The van der Waals surface area contributed by atoms with Crippen molar-refractivity contribution in [2.75, 3.05) is 7.05 Å². The molecule has 1 heterocycles. The first-order valence-corrected chi connectivity index (χ1v) is 8.85. The highest BCUT2D eigenvalue weighted by molar-refractivity contribution is 5.98. The maximum Gasteiger partial charge on any atom is 0.271 e. The summed E-state index contributed by atoms with van der Waals surface area (Å²) in [6.45, 7) is 1.94. The Kier molecular flexibility index (Phi) is 5.37. The molecule has 3 rings (SSSR count). The Labute approximate surface area is 152 Å². The Morgan fingerprint density at radius 3 is 2.58 bits per heavy atom. The number of hydrogen-bond donors (Lipinski definition) is 3. The molecule has 1 fully saturated rings. The minimum absolute atomic E-state index is 0.0590. The van der Waals surface area contributed by atoms with E-state index >= 15 is 0 Å². The van der Waals surface area contributed by atoms with Crippen molar-refractivity contribution >= 4 is 11.8 Å². The molecular weight excluding hydrogens is 332 g/mol. The second-order valence-electron chi connectivity index (χ2n) is 6.66. The fourth-order valence-electron chi connectivity index (χ4n) is 3.32. The topological polar surface area (TPSA) is 96.3 Å². The molecule has 2 amide bonds. The van der Waals surface area contributed by atoms with Crippen LogP contribution in [0.1, 0.15) is 58.8 Å². The van der Waals surface area contributed by atoms with E-state index in [4.69, 9.17) is 0 Å². The fourth-order valence-corrected chi connectivity index (χ4v) is 3.32. The second-order valence-corrected chi connectivity index (χ2v) is 6.66. The third kappa shape index (κ3) is 3.77. The van der Waals surface area contributed by atoms with E-state index in [1.54, 1.807) is 4.68 Å². The lowest BCUT2D eigenvalue weighted by atomic mass is 10.1. The highest BCUT2D eigenvalue weighted by Crippen LogP contribution is 2.22. The van der Waals surface area contributed by atoms with Gasteiger partial charge in [-0.1, -0.05) is 30.3 Å². The van der Waals surface area contributed by atoms with Gasteiger partial charge < -0.3 is 15.7 Å². The summed E-state index contributed by atoms with van der Waals surface area (Å²) in [5.41, 5.74) is 1.53. The van der Waals surface area contributed by atoms with Crippen molar-refractivity contribution in [3.05, 3.63) is 53.3 Å². The van der Waals surface area contributed by atoms with Crippen LogP contribution in [0.4, 0.5) is 0 Å². The van der Waals surface area contributed by atoms with Gasteiger partial charge in [0, 0.05) is 19.2 Å². The van der Waals surface area contributed by atoms with E-state index in [2.05, 4.69) is 15.7 Å². The Bertz CT molecular complexity index is 787. The normalized spacial score (nSPS) is 20.6. The van der Waals surface area contributed by atoms with Crippen molar-refractivity contribution in [1.29, 1.82) is 0 Å². The standard InChI is InChI=1S/C19H24N4O3/c1-12(13-6-4-3-5-7-13)23-17(11-16(22-23)18(25)20-2)19(26)21-14-8-9-15(24)10-14/h3-7,11-12,14-15,24H,8-10H2,1-2H3,(H,20,25)(H,21,26)/t12?,14?,15-/m0/s1. The summed E-state index contributed by atoms with van der Waals surface area (Å²) < 4.78 is 1.58. The van der Waals surface area contributed by atoms with Crippen LogP contribution in [-0.4, -0.2) is 45.9 Å². The molecule has 0 spiro atoms. The van der Waals surface area contributed by atoms with Crippen LogP contribution in [0.5, 0.6) is 0 Å². The minimum Gasteiger partial charge on any atom is -0.393 e. The maximum absolute atomic E-state index is 12.8. The van der Waals surface area contributed by atoms with E-state index in [0.717, 1.165) is 12.0 Å². The lowest BCUT2D eigenvalue weighted by Gasteiger charge is -2.17. The first-order valence-electron chi connectivity index (χ1n) is 8.85. The largest absolute Gasteiger partial charge is 0.393 e. The number of carbonyl (C=O) groups excluding carboxylic acids is 2. The lowest BCUT2D eigenvalue weighted by Crippen LogP contribution is -2.35. The molecule has 1 saturated carbocycles. The zero-order valence-electron chi connectivity index (χ0n) is 15.0. The molecule has 1 aromatic heterocycles. The Morgan fingerprint density at radius 1 is 1.23 bits per heavy atom. The van der Waals surface area contributed by atoms with Crippen LogP contribution in [0.3, 0.4) is 0 Å². The van der Waals surface area contributed by atoms with Crippen molar-refractivity contribution < 1.29 is 14.7 Å². The van der Waals surface area contributed by atoms with Gasteiger partial charge in [-0.25, -0.2) is 0 Å². The number of aliphatic hydroxyl groups is 1. The van der Waals surface area contributed by atoms with Gasteiger partial charge in [-0.15, -0.1) is 0 Å². The Hall–Kier alpha value is -2.67. The summed E-state index contributed by atoms with van der Waals surface area (Å²) >= 11 is 0. The third-order valence-electron chi connectivity index (χ3n) is 4.82. The van der Waals surface area contributed by atoms with Crippen LogP contribution in [0.2, 0.25) is 0 Å². The zero-order chi connectivity index (χ0) is 18.7. The van der Waals surface area contributed by atoms with Crippen LogP contribution in [0.25, 0.3) is 0 Å². The number of aliphatic hydroxyl groups excluding tert-OH is 1. The molecule has 1 aliphatic carbocycles. The summed E-state index contributed by atoms with van der Waals surface area (Å²) in [5, 5.41) is 19.5. The molecule has 7 nitrogen and oxygen atoms in total. The van der Waals surface area contributed by atoms with Gasteiger partial charge in [0.2, 0.25) is 0 Å². The van der Waals surface area contributed by atoms with Gasteiger partial charge in [-0.3, -0.25) is 14.3 Å². The number of carbonyl (C=O) groups is 2. The molecule has 1 aliphatic rings. The van der Waals surface area contributed by atoms with E-state index in [1.165, 1.54) is 13.1 Å². The maximum atomic E-state index is 12.8. The molecule has 2 unspecified atom stereocenters. The van der Waals surface area contributed by atoms with Gasteiger partial charge in [0.1, 0.15) is 5.69 Å². The number of amides is 2. The SMILES string of the molecule is CNC(=O)c1cc(C(=O)NC2CC[C@H](O)C2)n(C(C)c2ccccc2)n1. The molecule has 0 saturated heterocycles. The summed E-state index contributed by atoms with van der Waals surface area (Å²) in [6.07, 6.45) is 1.62. The summed E-state index contributed by atoms with van der Waals surface area (Å²) in [6, 6.07) is 10.9. The Balaban J connectivity index is 1.90. The van der Waals surface area contributed by atoms with E-state index in [9.17, 15) is 14.7 Å². The monoisotopic (exact) mass is 356 g/mol. The first-order chi connectivity index (χ1) is 12.5. The van der Waals surface area contributed by atoms with Crippen LogP contribution in [0, 0.1) is 0 Å². The summed E-state index contributed by atoms with van der Waals surface area (Å²) in [7, 11) is 1.53. The summed E-state index contributed by atoms with van der Waals surface area (Å²) in [5.74, 6) is -0.621. The van der Waals surface area contributed by atoms with Crippen molar-refractivity contribution in [3.63, 3.8) is 0 Å². The predicted octanol–water partition coefficient (Wildman–Crippen LogP) is 1.50. The minimum atomic E-state index is -0.366. The molecular formula is C19H24N4O3. The smallest absolute Gasteiger partial charge is 0.271 e. The van der Waals surface area contributed by atoms with Crippen LogP contribution in [-0.2, 0) is 0 Å². The average molecular weight is 356 g/mol. The van der Waals surface area contributed by atoms with Crippen molar-refractivity contribution in [2.45, 2.75) is 44.4 Å². The van der Waals surface area contributed by atoms with Crippen molar-refractivity contribution in [3.8, 4) is 0 Å². The average Bonchev–Trinajstić information content (AvgIpc) is 3.27. The predicted molar refractivity (Wildman–Crippen MR) is 97.0 cm³/mol. The molecule has 0 bridgehead atoms. The molecule has 26 heavy (non-hydrogen) atoms. The quantitative estimate of drug-likeness (QED) is 0.756. The first kappa shape index (κ1) is 18.1. The molecule has 0 radical (unpaired) electrons. The van der Waals surface area contributed by atoms with E-state index in [1.807, 2.05) is 37.3 Å². The molecule has 1 aromatic carbocycles. The van der Waals surface area contributed by atoms with Gasteiger partial charge in [-0.05, 0) is 31.7 Å². The molecule has 0 aliphatic heterocycles. The molecule has 7 heteroatoms. The van der Waals surface area contributed by atoms with E-state index < -0.39 is 0 Å². The highest BCUT2D eigenvalue weighted by atomic mass is 16.3. The van der Waals surface area contributed by atoms with Crippen molar-refractivity contribution in [2.24, 2.45) is 0 Å². The Morgan fingerprint density at radius 2 is 1.96 bits per heavy atom. The summed E-state index contributed by atoms with van der Waals surface area (Å²) in [4.78, 5) is 24.8. The number of rotatable bonds is 5. The third-order valence-corrected chi connectivity index (χ3v) is 4.82. The number of benzene rings is 1.